The van der Waals surface area contributed by atoms with Crippen molar-refractivity contribution < 1.29 is 42.1 Å². The SMILES string of the molecule is Cc1nc2[c-]nccc2n1C.Cc1nc2[c-]ncnc2n1C.[W].[W]. The number of pyridine rings is 1. The molecule has 0 bridgehead atoms. The van der Waals surface area contributed by atoms with Crippen LogP contribution in [-0.2, 0) is 56.2 Å². The van der Waals surface area contributed by atoms with E-state index in [1.165, 1.54) is 6.33 Å². The van der Waals surface area contributed by atoms with Gasteiger partial charge in [0.25, 0.3) is 0 Å². The van der Waals surface area contributed by atoms with Crippen molar-refractivity contribution in [3.8, 4) is 0 Å². The Bertz CT molecular complexity index is 867. The minimum atomic E-state index is 0. The number of aromatic nitrogens is 7. The van der Waals surface area contributed by atoms with Gasteiger partial charge in [-0.25, -0.2) is 0 Å². The summed E-state index contributed by atoms with van der Waals surface area (Å²) >= 11 is 0. The Labute approximate surface area is 168 Å². The molecule has 0 saturated heterocycles. The second-order valence-corrected chi connectivity index (χ2v) is 4.88. The van der Waals surface area contributed by atoms with Crippen LogP contribution in [0.3, 0.4) is 0 Å². The van der Waals surface area contributed by atoms with Gasteiger partial charge in [0, 0.05) is 73.7 Å². The Morgan fingerprint density at radius 1 is 0.875 bits per heavy atom. The van der Waals surface area contributed by atoms with E-state index in [2.05, 4.69) is 37.3 Å². The Morgan fingerprint density at radius 3 is 2.17 bits per heavy atom. The molecule has 0 saturated carbocycles. The largest absolute Gasteiger partial charge is 0.392 e. The van der Waals surface area contributed by atoms with E-state index in [-0.39, 0.29) is 42.1 Å². The number of imidazole rings is 2. The van der Waals surface area contributed by atoms with Crippen LogP contribution in [0.2, 0.25) is 0 Å². The van der Waals surface area contributed by atoms with Gasteiger partial charge in [-0.05, 0) is 31.1 Å². The van der Waals surface area contributed by atoms with Crippen LogP contribution >= 0.6 is 0 Å². The first-order valence-electron chi connectivity index (χ1n) is 6.75. The molecule has 0 amide bonds. The topological polar surface area (TPSA) is 74.3 Å². The maximum atomic E-state index is 4.26. The molecule has 7 nitrogen and oxygen atoms in total. The maximum absolute atomic E-state index is 4.26. The summed E-state index contributed by atoms with van der Waals surface area (Å²) in [5.41, 5.74) is 3.48. The first kappa shape index (κ1) is 20.6. The first-order valence-corrected chi connectivity index (χ1v) is 6.75. The Balaban J connectivity index is 0.000000222. The minimum absolute atomic E-state index is 0. The molecule has 0 aliphatic heterocycles. The van der Waals surface area contributed by atoms with Gasteiger partial charge in [-0.2, -0.15) is 0 Å². The van der Waals surface area contributed by atoms with Crippen LogP contribution in [-0.4, -0.2) is 34.1 Å². The third-order valence-corrected chi connectivity index (χ3v) is 3.54. The zero-order valence-electron chi connectivity index (χ0n) is 13.7. The van der Waals surface area contributed by atoms with E-state index in [4.69, 9.17) is 0 Å². The van der Waals surface area contributed by atoms with Crippen LogP contribution in [0.1, 0.15) is 11.6 Å². The molecule has 4 rings (SSSR count). The number of rotatable bonds is 0. The van der Waals surface area contributed by atoms with Gasteiger partial charge < -0.3 is 24.1 Å². The molecule has 0 aliphatic carbocycles. The van der Waals surface area contributed by atoms with Gasteiger partial charge in [0.15, 0.2) is 0 Å². The van der Waals surface area contributed by atoms with E-state index >= 15 is 0 Å². The fourth-order valence-corrected chi connectivity index (χ4v) is 2.10. The Hall–Kier alpha value is -1.45. The average molecular weight is 661 g/mol. The molecule has 0 radical (unpaired) electrons. The van der Waals surface area contributed by atoms with Gasteiger partial charge in [-0.15, -0.1) is 6.07 Å². The molecule has 0 fully saturated rings. The third-order valence-electron chi connectivity index (χ3n) is 3.54. The third kappa shape index (κ3) is 3.96. The van der Waals surface area contributed by atoms with Crippen molar-refractivity contribution in [1.82, 2.24) is 34.1 Å². The van der Waals surface area contributed by atoms with Crippen LogP contribution < -0.4 is 0 Å². The molecule has 0 unspecified atom stereocenters. The number of fused-ring (bicyclic) bond motifs is 2. The summed E-state index contributed by atoms with van der Waals surface area (Å²) in [7, 11) is 3.91. The van der Waals surface area contributed by atoms with Crippen molar-refractivity contribution in [2.45, 2.75) is 13.8 Å². The predicted octanol–water partition coefficient (Wildman–Crippen LogP) is 1.54. The van der Waals surface area contributed by atoms with Gasteiger partial charge in [-0.1, -0.05) is 12.4 Å². The Morgan fingerprint density at radius 2 is 1.50 bits per heavy atom. The summed E-state index contributed by atoms with van der Waals surface area (Å²) in [5, 5.41) is 0. The van der Waals surface area contributed by atoms with Crippen molar-refractivity contribution in [3.05, 3.63) is 42.6 Å². The number of hydrogen-bond donors (Lipinski definition) is 0. The smallest absolute Gasteiger partial charge is 0.0937 e. The number of hydrogen-bond acceptors (Lipinski definition) is 5. The quantitative estimate of drug-likeness (QED) is 0.268. The summed E-state index contributed by atoms with van der Waals surface area (Å²) in [6.45, 7) is 3.89. The molecular weight excluding hydrogens is 646 g/mol. The zero-order chi connectivity index (χ0) is 15.7. The maximum Gasteiger partial charge on any atom is 0.0937 e. The molecule has 9 heteroatoms. The zero-order valence-corrected chi connectivity index (χ0v) is 19.5. The van der Waals surface area contributed by atoms with E-state index in [1.807, 2.05) is 43.1 Å². The summed E-state index contributed by atoms with van der Waals surface area (Å²) < 4.78 is 3.93. The van der Waals surface area contributed by atoms with E-state index in [0.29, 0.717) is 0 Å². The van der Waals surface area contributed by atoms with E-state index in [9.17, 15) is 0 Å². The second kappa shape index (κ2) is 8.59. The molecule has 0 spiro atoms. The molecule has 4 aromatic heterocycles. The van der Waals surface area contributed by atoms with Crippen molar-refractivity contribution in [2.24, 2.45) is 14.1 Å². The molecule has 4 aromatic rings. The molecule has 0 aliphatic rings. The minimum Gasteiger partial charge on any atom is -0.392 e. The molecule has 0 atom stereocenters. The molecule has 24 heavy (non-hydrogen) atoms. The van der Waals surface area contributed by atoms with Gasteiger partial charge in [0.05, 0.1) is 11.6 Å². The van der Waals surface area contributed by atoms with Gasteiger partial charge in [0.2, 0.25) is 0 Å². The fourth-order valence-electron chi connectivity index (χ4n) is 2.10. The van der Waals surface area contributed by atoms with E-state index < -0.39 is 0 Å². The summed E-state index contributed by atoms with van der Waals surface area (Å²) in [6.07, 6.45) is 8.80. The van der Waals surface area contributed by atoms with Gasteiger partial charge in [0.1, 0.15) is 0 Å². The van der Waals surface area contributed by atoms with Crippen LogP contribution in [0, 0.1) is 26.2 Å². The van der Waals surface area contributed by atoms with Gasteiger partial charge >= 0.3 is 0 Å². The molecule has 0 aromatic carbocycles. The van der Waals surface area contributed by atoms with E-state index in [0.717, 1.165) is 33.8 Å². The summed E-state index contributed by atoms with van der Waals surface area (Å²) in [4.78, 5) is 20.1. The molecular formula is C15H15N7W2-2. The van der Waals surface area contributed by atoms with Crippen molar-refractivity contribution in [2.75, 3.05) is 0 Å². The predicted molar refractivity (Wildman–Crippen MR) is 82.0 cm³/mol. The van der Waals surface area contributed by atoms with Crippen LogP contribution in [0.4, 0.5) is 0 Å². The van der Waals surface area contributed by atoms with Crippen LogP contribution in [0.25, 0.3) is 22.2 Å². The molecule has 0 N–H and O–H groups in total. The average Bonchev–Trinajstić information content (AvgIpc) is 2.98. The van der Waals surface area contributed by atoms with Crippen molar-refractivity contribution in [1.29, 1.82) is 0 Å². The standard InChI is InChI=1S/C8H8N3.C7H7N4.2W/c1-6-10-7-5-9-4-3-8(7)11(6)2;1-5-10-6-3-8-4-9-7(6)11(5)2;;/h3-4H,1-2H3;4H,1-2H3;;/q2*-1;;. The van der Waals surface area contributed by atoms with Gasteiger partial charge in [-0.3, -0.25) is 9.97 Å². The second-order valence-electron chi connectivity index (χ2n) is 4.88. The Kier molecular flexibility index (Phi) is 7.37. The number of aryl methyl sites for hydroxylation is 4. The monoisotopic (exact) mass is 661 g/mol. The normalized spacial score (nSPS) is 9.83. The first-order chi connectivity index (χ1) is 10.6. The summed E-state index contributed by atoms with van der Waals surface area (Å²) in [5.74, 6) is 1.92. The van der Waals surface area contributed by atoms with Crippen molar-refractivity contribution >= 4 is 22.2 Å². The van der Waals surface area contributed by atoms with E-state index in [1.54, 1.807) is 6.20 Å². The van der Waals surface area contributed by atoms with Crippen LogP contribution in [0.5, 0.6) is 0 Å². The fraction of sp³-hybridized carbons (Fsp3) is 0.267. The molecule has 4 heterocycles. The molecule has 124 valence electrons. The number of nitrogens with zero attached hydrogens (tertiary/aromatic N) is 7. The van der Waals surface area contributed by atoms with Crippen molar-refractivity contribution in [3.63, 3.8) is 0 Å². The summed E-state index contributed by atoms with van der Waals surface area (Å²) in [6, 6.07) is 1.94. The van der Waals surface area contributed by atoms with Crippen LogP contribution in [0.15, 0.2) is 18.6 Å².